The van der Waals surface area contributed by atoms with Crippen molar-refractivity contribution < 1.29 is 14.1 Å². The van der Waals surface area contributed by atoms with E-state index in [4.69, 9.17) is 20.9 Å². The lowest BCUT2D eigenvalue weighted by molar-refractivity contribution is 0.00578. The van der Waals surface area contributed by atoms with E-state index in [0.717, 1.165) is 11.9 Å². The zero-order valence-corrected chi connectivity index (χ0v) is 15.1. The standard InChI is InChI=1S/C16H24BClN2O3/c1-6-9-19-14(21)20-13-10-11(7-8-12(13)18)17-22-15(2,3)16(4,5)23-17/h7-8,10H,6,9H2,1-5H3,(H2,19,20,21). The molecule has 126 valence electrons. The number of carbonyl (C=O) groups excluding carboxylic acids is 1. The van der Waals surface area contributed by atoms with E-state index in [1.54, 1.807) is 12.1 Å². The van der Waals surface area contributed by atoms with Crippen LogP contribution < -0.4 is 16.1 Å². The Morgan fingerprint density at radius 3 is 2.39 bits per heavy atom. The number of rotatable bonds is 4. The Kier molecular flexibility index (Phi) is 5.28. The van der Waals surface area contributed by atoms with Crippen molar-refractivity contribution in [2.75, 3.05) is 11.9 Å². The summed E-state index contributed by atoms with van der Waals surface area (Å²) in [6.07, 6.45) is 0.870. The molecule has 1 fully saturated rings. The Balaban J connectivity index is 2.16. The van der Waals surface area contributed by atoms with Gasteiger partial charge in [0.15, 0.2) is 0 Å². The third-order valence-corrected chi connectivity index (χ3v) is 4.63. The number of halogens is 1. The van der Waals surface area contributed by atoms with Gasteiger partial charge in [-0.3, -0.25) is 0 Å². The van der Waals surface area contributed by atoms with Crippen LogP contribution in [0.4, 0.5) is 10.5 Å². The van der Waals surface area contributed by atoms with Gasteiger partial charge in [0.2, 0.25) is 0 Å². The van der Waals surface area contributed by atoms with Gasteiger partial charge in [0.1, 0.15) is 0 Å². The Morgan fingerprint density at radius 1 is 1.22 bits per heavy atom. The number of amides is 2. The van der Waals surface area contributed by atoms with Gasteiger partial charge in [-0.15, -0.1) is 0 Å². The van der Waals surface area contributed by atoms with Gasteiger partial charge in [-0.2, -0.15) is 0 Å². The van der Waals surface area contributed by atoms with Crippen molar-refractivity contribution >= 4 is 35.9 Å². The first-order valence-electron chi connectivity index (χ1n) is 7.86. The van der Waals surface area contributed by atoms with Crippen molar-refractivity contribution in [1.29, 1.82) is 0 Å². The monoisotopic (exact) mass is 338 g/mol. The number of hydrogen-bond acceptors (Lipinski definition) is 3. The van der Waals surface area contributed by atoms with Crippen molar-refractivity contribution in [3.8, 4) is 0 Å². The third-order valence-electron chi connectivity index (χ3n) is 4.30. The molecule has 1 saturated heterocycles. The lowest BCUT2D eigenvalue weighted by Gasteiger charge is -2.32. The minimum Gasteiger partial charge on any atom is -0.399 e. The molecule has 7 heteroatoms. The summed E-state index contributed by atoms with van der Waals surface area (Å²) in [5.41, 5.74) is 0.526. The van der Waals surface area contributed by atoms with Gasteiger partial charge >= 0.3 is 13.1 Å². The molecule has 2 N–H and O–H groups in total. The van der Waals surface area contributed by atoms with Crippen molar-refractivity contribution in [2.45, 2.75) is 52.2 Å². The predicted molar refractivity (Wildman–Crippen MR) is 94.5 cm³/mol. The van der Waals surface area contributed by atoms with Gasteiger partial charge in [0.25, 0.3) is 0 Å². The van der Waals surface area contributed by atoms with Crippen LogP contribution in [-0.2, 0) is 9.31 Å². The summed E-state index contributed by atoms with van der Waals surface area (Å²) < 4.78 is 12.0. The number of nitrogens with one attached hydrogen (secondary N) is 2. The second-order valence-corrected chi connectivity index (χ2v) is 7.12. The zero-order chi connectivity index (χ0) is 17.3. The Morgan fingerprint density at radius 2 is 1.83 bits per heavy atom. The molecule has 0 aliphatic carbocycles. The third kappa shape index (κ3) is 4.00. The fourth-order valence-electron chi connectivity index (χ4n) is 2.17. The van der Waals surface area contributed by atoms with E-state index in [9.17, 15) is 4.79 Å². The van der Waals surface area contributed by atoms with Crippen LogP contribution in [0, 0.1) is 0 Å². The fraction of sp³-hybridized carbons (Fsp3) is 0.562. The molecule has 0 bridgehead atoms. The zero-order valence-electron chi connectivity index (χ0n) is 14.3. The molecule has 2 rings (SSSR count). The smallest absolute Gasteiger partial charge is 0.399 e. The van der Waals surface area contributed by atoms with Crippen molar-refractivity contribution in [1.82, 2.24) is 5.32 Å². The van der Waals surface area contributed by atoms with Gasteiger partial charge in [-0.25, -0.2) is 4.79 Å². The van der Waals surface area contributed by atoms with Crippen LogP contribution in [0.15, 0.2) is 18.2 Å². The molecule has 1 aliphatic heterocycles. The van der Waals surface area contributed by atoms with Crippen LogP contribution in [0.3, 0.4) is 0 Å². The molecular formula is C16H24BClN2O3. The van der Waals surface area contributed by atoms with E-state index in [1.807, 2.05) is 40.7 Å². The Hall–Kier alpha value is -1.24. The van der Waals surface area contributed by atoms with E-state index in [0.29, 0.717) is 17.3 Å². The van der Waals surface area contributed by atoms with E-state index in [2.05, 4.69) is 10.6 Å². The molecule has 1 aromatic carbocycles. The molecule has 2 amide bonds. The second-order valence-electron chi connectivity index (χ2n) is 6.71. The van der Waals surface area contributed by atoms with E-state index in [1.165, 1.54) is 0 Å². The number of anilines is 1. The summed E-state index contributed by atoms with van der Waals surface area (Å²) in [7, 11) is -0.489. The summed E-state index contributed by atoms with van der Waals surface area (Å²) in [5.74, 6) is 0. The van der Waals surface area contributed by atoms with Crippen LogP contribution in [0.2, 0.25) is 5.02 Å². The first-order chi connectivity index (χ1) is 10.7. The maximum Gasteiger partial charge on any atom is 0.494 e. The SMILES string of the molecule is CCCNC(=O)Nc1cc(B2OC(C)(C)C(C)(C)O2)ccc1Cl. The predicted octanol–water partition coefficient (Wildman–Crippen LogP) is 3.17. The quantitative estimate of drug-likeness (QED) is 0.829. The normalized spacial score (nSPS) is 18.8. The van der Waals surface area contributed by atoms with Crippen molar-refractivity contribution in [2.24, 2.45) is 0 Å². The Labute approximate surface area is 143 Å². The van der Waals surface area contributed by atoms with Gasteiger partial charge in [0.05, 0.1) is 21.9 Å². The molecule has 0 spiro atoms. The fourth-order valence-corrected chi connectivity index (χ4v) is 2.33. The minimum absolute atomic E-state index is 0.278. The second kappa shape index (κ2) is 6.71. The average Bonchev–Trinajstić information content (AvgIpc) is 2.67. The highest BCUT2D eigenvalue weighted by molar-refractivity contribution is 6.62. The summed E-state index contributed by atoms with van der Waals surface area (Å²) in [5, 5.41) is 5.98. The highest BCUT2D eigenvalue weighted by atomic mass is 35.5. The van der Waals surface area contributed by atoms with Gasteiger partial charge in [0, 0.05) is 6.54 Å². The van der Waals surface area contributed by atoms with E-state index >= 15 is 0 Å². The molecule has 0 radical (unpaired) electrons. The average molecular weight is 339 g/mol. The maximum atomic E-state index is 11.8. The van der Waals surface area contributed by atoms with E-state index in [-0.39, 0.29) is 6.03 Å². The molecular weight excluding hydrogens is 314 g/mol. The van der Waals surface area contributed by atoms with Crippen LogP contribution in [0.5, 0.6) is 0 Å². The molecule has 1 heterocycles. The number of carbonyl (C=O) groups is 1. The van der Waals surface area contributed by atoms with E-state index < -0.39 is 18.3 Å². The van der Waals surface area contributed by atoms with Gasteiger partial charge in [-0.05, 0) is 51.7 Å². The number of benzene rings is 1. The topological polar surface area (TPSA) is 59.6 Å². The first kappa shape index (κ1) is 18.1. The van der Waals surface area contributed by atoms with Crippen LogP contribution in [0.25, 0.3) is 0 Å². The van der Waals surface area contributed by atoms with Crippen LogP contribution in [-0.4, -0.2) is 30.9 Å². The largest absolute Gasteiger partial charge is 0.494 e. The van der Waals surface area contributed by atoms with Crippen LogP contribution in [0.1, 0.15) is 41.0 Å². The molecule has 23 heavy (non-hydrogen) atoms. The molecule has 0 unspecified atom stereocenters. The number of hydrogen-bond donors (Lipinski definition) is 2. The summed E-state index contributed by atoms with van der Waals surface area (Å²) >= 11 is 6.17. The van der Waals surface area contributed by atoms with Crippen LogP contribution >= 0.6 is 11.6 Å². The first-order valence-corrected chi connectivity index (χ1v) is 8.24. The van der Waals surface area contributed by atoms with Gasteiger partial charge in [-0.1, -0.05) is 24.6 Å². The molecule has 0 aromatic heterocycles. The Bertz CT molecular complexity index is 577. The molecule has 5 nitrogen and oxygen atoms in total. The number of urea groups is 1. The molecule has 1 aromatic rings. The minimum atomic E-state index is -0.489. The lowest BCUT2D eigenvalue weighted by atomic mass is 9.79. The van der Waals surface area contributed by atoms with Crippen molar-refractivity contribution in [3.63, 3.8) is 0 Å². The summed E-state index contributed by atoms with van der Waals surface area (Å²) in [6.45, 7) is 10.6. The maximum absolute atomic E-state index is 11.8. The summed E-state index contributed by atoms with van der Waals surface area (Å²) in [6, 6.07) is 5.09. The summed E-state index contributed by atoms with van der Waals surface area (Å²) in [4.78, 5) is 11.8. The highest BCUT2D eigenvalue weighted by Crippen LogP contribution is 2.36. The molecule has 0 saturated carbocycles. The highest BCUT2D eigenvalue weighted by Gasteiger charge is 2.51. The van der Waals surface area contributed by atoms with Crippen molar-refractivity contribution in [3.05, 3.63) is 23.2 Å². The lowest BCUT2D eigenvalue weighted by Crippen LogP contribution is -2.41. The molecule has 0 atom stereocenters. The van der Waals surface area contributed by atoms with Gasteiger partial charge < -0.3 is 19.9 Å². The molecule has 1 aliphatic rings.